The van der Waals surface area contributed by atoms with Gasteiger partial charge in [0.2, 0.25) is 0 Å². The fourth-order valence-electron chi connectivity index (χ4n) is 1.76. The number of rotatable bonds is 3. The second kappa shape index (κ2) is 6.00. The van der Waals surface area contributed by atoms with Crippen LogP contribution in [0.1, 0.15) is 15.9 Å². The number of carbonyl (C=O) groups excluding carboxylic acids is 1. The summed E-state index contributed by atoms with van der Waals surface area (Å²) in [7, 11) is 0. The summed E-state index contributed by atoms with van der Waals surface area (Å²) in [6, 6.07) is 11.7. The number of halogens is 1. The number of nitro groups is 1. The Hall–Kier alpha value is -1.96. The van der Waals surface area contributed by atoms with Gasteiger partial charge < -0.3 is 5.32 Å². The third-order valence-corrected chi connectivity index (χ3v) is 3.60. The number of nitro benzene ring substituents is 1. The van der Waals surface area contributed by atoms with Gasteiger partial charge in [-0.25, -0.2) is 0 Å². The predicted octanol–water partition coefficient (Wildman–Crippen LogP) is 3.76. The Morgan fingerprint density at radius 1 is 1.25 bits per heavy atom. The molecule has 5 nitrogen and oxygen atoms in total. The zero-order valence-corrected chi connectivity index (χ0v) is 12.7. The molecule has 0 atom stereocenters. The topological polar surface area (TPSA) is 72.2 Å². The van der Waals surface area contributed by atoms with Gasteiger partial charge in [0.1, 0.15) is 0 Å². The van der Waals surface area contributed by atoms with Crippen molar-refractivity contribution in [3.63, 3.8) is 0 Å². The highest BCUT2D eigenvalue weighted by Crippen LogP contribution is 2.20. The van der Waals surface area contributed by atoms with Crippen molar-refractivity contribution in [3.8, 4) is 0 Å². The van der Waals surface area contributed by atoms with Gasteiger partial charge in [-0.15, -0.1) is 0 Å². The van der Waals surface area contributed by atoms with Crippen LogP contribution in [-0.2, 0) is 0 Å². The van der Waals surface area contributed by atoms with E-state index in [2.05, 4.69) is 27.9 Å². The summed E-state index contributed by atoms with van der Waals surface area (Å²) in [6.45, 7) is 1.72. The standard InChI is InChI=1S/C14H11IN2O3/c1-9-6-10(8-11(7-9)17(19)20)14(18)16-13-5-3-2-4-12(13)15/h2-8H,1H3,(H,16,18). The lowest BCUT2D eigenvalue weighted by Crippen LogP contribution is -2.13. The second-order valence-electron chi connectivity index (χ2n) is 4.25. The molecule has 20 heavy (non-hydrogen) atoms. The van der Waals surface area contributed by atoms with Crippen molar-refractivity contribution >= 4 is 39.9 Å². The first-order valence-electron chi connectivity index (χ1n) is 5.79. The van der Waals surface area contributed by atoms with E-state index in [9.17, 15) is 14.9 Å². The molecule has 0 spiro atoms. The monoisotopic (exact) mass is 382 g/mol. The molecule has 2 aromatic carbocycles. The molecule has 2 aromatic rings. The minimum atomic E-state index is -0.504. The highest BCUT2D eigenvalue weighted by molar-refractivity contribution is 14.1. The van der Waals surface area contributed by atoms with Crippen LogP contribution in [0.4, 0.5) is 11.4 Å². The highest BCUT2D eigenvalue weighted by atomic mass is 127. The maximum atomic E-state index is 12.2. The fourth-order valence-corrected chi connectivity index (χ4v) is 2.28. The molecule has 0 saturated carbocycles. The van der Waals surface area contributed by atoms with Crippen molar-refractivity contribution in [2.45, 2.75) is 6.92 Å². The SMILES string of the molecule is Cc1cc(C(=O)Nc2ccccc2I)cc([N+](=O)[O-])c1. The number of nitrogens with zero attached hydrogens (tertiary/aromatic N) is 1. The zero-order valence-electron chi connectivity index (χ0n) is 10.6. The van der Waals surface area contributed by atoms with E-state index in [1.807, 2.05) is 18.2 Å². The zero-order chi connectivity index (χ0) is 14.7. The average Bonchev–Trinajstić information content (AvgIpc) is 2.40. The summed E-state index contributed by atoms with van der Waals surface area (Å²) < 4.78 is 0.903. The predicted molar refractivity (Wildman–Crippen MR) is 84.9 cm³/mol. The van der Waals surface area contributed by atoms with Crippen LogP contribution >= 0.6 is 22.6 Å². The molecular weight excluding hydrogens is 371 g/mol. The van der Waals surface area contributed by atoms with E-state index >= 15 is 0 Å². The summed E-state index contributed by atoms with van der Waals surface area (Å²) in [5.74, 6) is -0.360. The van der Waals surface area contributed by atoms with Crippen LogP contribution in [-0.4, -0.2) is 10.8 Å². The quantitative estimate of drug-likeness (QED) is 0.499. The largest absolute Gasteiger partial charge is 0.321 e. The molecule has 0 heterocycles. The van der Waals surface area contributed by atoms with Gasteiger partial charge in [0.15, 0.2) is 0 Å². The molecule has 1 amide bonds. The first kappa shape index (κ1) is 14.4. The molecule has 0 aliphatic carbocycles. The normalized spacial score (nSPS) is 10.1. The van der Waals surface area contributed by atoms with Gasteiger partial charge in [-0.2, -0.15) is 0 Å². The molecule has 0 saturated heterocycles. The van der Waals surface area contributed by atoms with Crippen molar-refractivity contribution in [2.75, 3.05) is 5.32 Å². The third kappa shape index (κ3) is 3.32. The van der Waals surface area contributed by atoms with Gasteiger partial charge >= 0.3 is 0 Å². The Balaban J connectivity index is 2.30. The number of nitrogens with one attached hydrogen (secondary N) is 1. The highest BCUT2D eigenvalue weighted by Gasteiger charge is 2.14. The molecule has 0 radical (unpaired) electrons. The summed E-state index contributed by atoms with van der Waals surface area (Å²) in [4.78, 5) is 22.5. The molecule has 102 valence electrons. The lowest BCUT2D eigenvalue weighted by molar-refractivity contribution is -0.384. The Kier molecular flexibility index (Phi) is 4.33. The number of aryl methyl sites for hydroxylation is 1. The van der Waals surface area contributed by atoms with E-state index in [0.29, 0.717) is 11.3 Å². The lowest BCUT2D eigenvalue weighted by Gasteiger charge is -2.07. The molecule has 0 fully saturated rings. The van der Waals surface area contributed by atoms with Gasteiger partial charge in [-0.05, 0) is 53.3 Å². The lowest BCUT2D eigenvalue weighted by atomic mass is 10.1. The number of carbonyl (C=O) groups is 1. The fraction of sp³-hybridized carbons (Fsp3) is 0.0714. The van der Waals surface area contributed by atoms with Crippen LogP contribution in [0.2, 0.25) is 0 Å². The Morgan fingerprint density at radius 2 is 1.95 bits per heavy atom. The summed E-state index contributed by atoms with van der Waals surface area (Å²) >= 11 is 2.11. The number of anilines is 1. The van der Waals surface area contributed by atoms with E-state index in [1.54, 1.807) is 19.1 Å². The molecule has 2 rings (SSSR count). The van der Waals surface area contributed by atoms with Crippen LogP contribution in [0, 0.1) is 20.6 Å². The molecule has 0 unspecified atom stereocenters. The third-order valence-electron chi connectivity index (χ3n) is 2.66. The molecular formula is C14H11IN2O3. The van der Waals surface area contributed by atoms with E-state index in [-0.39, 0.29) is 17.2 Å². The summed E-state index contributed by atoms with van der Waals surface area (Å²) in [5.41, 5.74) is 1.55. The van der Waals surface area contributed by atoms with Crippen LogP contribution in [0.3, 0.4) is 0 Å². The summed E-state index contributed by atoms with van der Waals surface area (Å²) in [5, 5.41) is 13.6. The molecule has 6 heteroatoms. The molecule has 0 aliphatic rings. The van der Waals surface area contributed by atoms with Crippen molar-refractivity contribution in [3.05, 3.63) is 67.3 Å². The Bertz CT molecular complexity index is 686. The molecule has 0 aromatic heterocycles. The van der Waals surface area contributed by atoms with Crippen molar-refractivity contribution in [2.24, 2.45) is 0 Å². The van der Waals surface area contributed by atoms with Gasteiger partial charge in [0, 0.05) is 21.3 Å². The number of para-hydroxylation sites is 1. The smallest absolute Gasteiger partial charge is 0.270 e. The maximum Gasteiger partial charge on any atom is 0.270 e. The van der Waals surface area contributed by atoms with E-state index < -0.39 is 4.92 Å². The Labute approximate surface area is 129 Å². The van der Waals surface area contributed by atoms with Crippen molar-refractivity contribution in [1.82, 2.24) is 0 Å². The summed E-state index contributed by atoms with van der Waals surface area (Å²) in [6.07, 6.45) is 0. The minimum absolute atomic E-state index is 0.0853. The van der Waals surface area contributed by atoms with Gasteiger partial charge in [-0.1, -0.05) is 12.1 Å². The van der Waals surface area contributed by atoms with Gasteiger partial charge in [-0.3, -0.25) is 14.9 Å². The van der Waals surface area contributed by atoms with Crippen LogP contribution in [0.15, 0.2) is 42.5 Å². The van der Waals surface area contributed by atoms with E-state index in [1.165, 1.54) is 12.1 Å². The number of non-ortho nitro benzene ring substituents is 1. The van der Waals surface area contributed by atoms with Crippen LogP contribution in [0.5, 0.6) is 0 Å². The number of hydrogen-bond donors (Lipinski definition) is 1. The molecule has 0 bridgehead atoms. The number of hydrogen-bond acceptors (Lipinski definition) is 3. The van der Waals surface area contributed by atoms with Crippen LogP contribution < -0.4 is 5.32 Å². The van der Waals surface area contributed by atoms with Crippen LogP contribution in [0.25, 0.3) is 0 Å². The Morgan fingerprint density at radius 3 is 2.60 bits per heavy atom. The molecule has 1 N–H and O–H groups in total. The second-order valence-corrected chi connectivity index (χ2v) is 5.41. The van der Waals surface area contributed by atoms with Crippen molar-refractivity contribution in [1.29, 1.82) is 0 Å². The van der Waals surface area contributed by atoms with E-state index in [4.69, 9.17) is 0 Å². The first-order chi connectivity index (χ1) is 9.47. The maximum absolute atomic E-state index is 12.2. The average molecular weight is 382 g/mol. The van der Waals surface area contributed by atoms with Gasteiger partial charge in [0.05, 0.1) is 10.6 Å². The number of benzene rings is 2. The van der Waals surface area contributed by atoms with Crippen molar-refractivity contribution < 1.29 is 9.72 Å². The molecule has 0 aliphatic heterocycles. The number of amides is 1. The van der Waals surface area contributed by atoms with Gasteiger partial charge in [0.25, 0.3) is 11.6 Å². The van der Waals surface area contributed by atoms with E-state index in [0.717, 1.165) is 3.57 Å². The first-order valence-corrected chi connectivity index (χ1v) is 6.87. The minimum Gasteiger partial charge on any atom is -0.321 e.